The van der Waals surface area contributed by atoms with Gasteiger partial charge in [0, 0.05) is 31.0 Å². The van der Waals surface area contributed by atoms with E-state index in [1.807, 2.05) is 18.5 Å². The molecule has 1 aliphatic heterocycles. The summed E-state index contributed by atoms with van der Waals surface area (Å²) in [5, 5.41) is 7.53. The molecule has 1 saturated heterocycles. The van der Waals surface area contributed by atoms with Gasteiger partial charge in [-0.15, -0.1) is 0 Å². The van der Waals surface area contributed by atoms with Gasteiger partial charge < -0.3 is 10.1 Å². The smallest absolute Gasteiger partial charge is 0.224 e. The van der Waals surface area contributed by atoms with Gasteiger partial charge in [0.2, 0.25) is 5.91 Å². The van der Waals surface area contributed by atoms with Crippen LogP contribution in [0.5, 0.6) is 0 Å². The lowest BCUT2D eigenvalue weighted by molar-refractivity contribution is -0.120. The largest absolute Gasteiger partial charge is 0.376 e. The molecule has 1 N–H and O–H groups in total. The van der Waals surface area contributed by atoms with Crippen LogP contribution in [0.2, 0.25) is 0 Å². The van der Waals surface area contributed by atoms with Gasteiger partial charge in [0.1, 0.15) is 0 Å². The fourth-order valence-corrected chi connectivity index (χ4v) is 2.77. The highest BCUT2D eigenvalue weighted by Crippen LogP contribution is 2.15. The first-order valence-electron chi connectivity index (χ1n) is 7.88. The molecule has 0 bridgehead atoms. The minimum Gasteiger partial charge on any atom is -0.376 e. The molecule has 2 rings (SSSR count). The quantitative estimate of drug-likeness (QED) is 0.872. The molecule has 5 nitrogen and oxygen atoms in total. The number of carbonyl (C=O) groups is 1. The van der Waals surface area contributed by atoms with Crippen molar-refractivity contribution in [2.75, 3.05) is 13.2 Å². The number of hydrogen-bond donors (Lipinski definition) is 1. The highest BCUT2D eigenvalue weighted by Gasteiger charge is 2.18. The molecule has 2 heterocycles. The minimum absolute atomic E-state index is 0.0563. The van der Waals surface area contributed by atoms with Crippen molar-refractivity contribution < 1.29 is 9.53 Å². The monoisotopic (exact) mass is 293 g/mol. The third kappa shape index (κ3) is 4.30. The number of nitrogens with one attached hydrogen (secondary N) is 1. The minimum atomic E-state index is 0.0563. The summed E-state index contributed by atoms with van der Waals surface area (Å²) in [4.78, 5) is 12.1. The van der Waals surface area contributed by atoms with Crippen molar-refractivity contribution in [2.45, 2.75) is 59.6 Å². The van der Waals surface area contributed by atoms with E-state index in [1.165, 1.54) is 0 Å². The molecule has 0 radical (unpaired) electrons. The number of rotatable bonds is 6. The Hall–Kier alpha value is -1.36. The molecule has 0 spiro atoms. The van der Waals surface area contributed by atoms with Crippen LogP contribution >= 0.6 is 0 Å². The van der Waals surface area contributed by atoms with E-state index in [4.69, 9.17) is 4.74 Å². The molecule has 5 heteroatoms. The number of hydrogen-bond acceptors (Lipinski definition) is 3. The van der Waals surface area contributed by atoms with Crippen molar-refractivity contribution in [3.05, 3.63) is 17.0 Å². The fraction of sp³-hybridized carbons (Fsp3) is 0.750. The zero-order valence-electron chi connectivity index (χ0n) is 13.6. The van der Waals surface area contributed by atoms with E-state index in [0.29, 0.717) is 18.9 Å². The van der Waals surface area contributed by atoms with Gasteiger partial charge in [0.05, 0.1) is 18.2 Å². The third-order valence-electron chi connectivity index (χ3n) is 3.96. The normalized spacial score (nSPS) is 18.4. The van der Waals surface area contributed by atoms with Crippen molar-refractivity contribution in [1.82, 2.24) is 15.1 Å². The van der Waals surface area contributed by atoms with E-state index in [9.17, 15) is 4.79 Å². The van der Waals surface area contributed by atoms with Crippen LogP contribution in [0, 0.1) is 19.8 Å². The second kappa shape index (κ2) is 7.07. The Morgan fingerprint density at radius 2 is 2.24 bits per heavy atom. The summed E-state index contributed by atoms with van der Waals surface area (Å²) >= 11 is 0. The summed E-state index contributed by atoms with van der Waals surface area (Å²) in [7, 11) is 0. The van der Waals surface area contributed by atoms with Crippen LogP contribution in [0.3, 0.4) is 0 Å². The van der Waals surface area contributed by atoms with Gasteiger partial charge in [-0.3, -0.25) is 9.48 Å². The Bertz CT molecular complexity index is 488. The lowest BCUT2D eigenvalue weighted by atomic mass is 10.1. The second-order valence-corrected chi connectivity index (χ2v) is 6.34. The van der Waals surface area contributed by atoms with E-state index >= 15 is 0 Å². The van der Waals surface area contributed by atoms with Gasteiger partial charge in [0.15, 0.2) is 0 Å². The standard InChI is InChI=1S/C16H27N3O2/c1-11(2)10-19-13(4)15(12(3)18-19)8-16(20)17-9-14-6-5-7-21-14/h11,14H,5-10H2,1-4H3,(H,17,20)/t14-/m0/s1. The number of carbonyl (C=O) groups excluding carboxylic acids is 1. The van der Waals surface area contributed by atoms with E-state index in [1.54, 1.807) is 0 Å². The zero-order chi connectivity index (χ0) is 15.4. The maximum absolute atomic E-state index is 12.1. The fourth-order valence-electron chi connectivity index (χ4n) is 2.77. The maximum Gasteiger partial charge on any atom is 0.224 e. The first-order chi connectivity index (χ1) is 9.97. The molecule has 0 aliphatic carbocycles. The topological polar surface area (TPSA) is 56.2 Å². The van der Waals surface area contributed by atoms with E-state index in [-0.39, 0.29) is 12.0 Å². The molecular formula is C16H27N3O2. The van der Waals surface area contributed by atoms with Crippen molar-refractivity contribution in [3.8, 4) is 0 Å². The summed E-state index contributed by atoms with van der Waals surface area (Å²) < 4.78 is 7.53. The highest BCUT2D eigenvalue weighted by molar-refractivity contribution is 5.79. The van der Waals surface area contributed by atoms with Crippen LogP contribution in [0.4, 0.5) is 0 Å². The van der Waals surface area contributed by atoms with E-state index < -0.39 is 0 Å². The summed E-state index contributed by atoms with van der Waals surface area (Å²) in [5.41, 5.74) is 3.12. The first-order valence-corrected chi connectivity index (χ1v) is 7.88. The van der Waals surface area contributed by atoms with Gasteiger partial charge in [0.25, 0.3) is 0 Å². The summed E-state index contributed by atoms with van der Waals surface area (Å²) in [5.74, 6) is 0.602. The SMILES string of the molecule is Cc1nn(CC(C)C)c(C)c1CC(=O)NC[C@@H]1CCCO1. The zero-order valence-corrected chi connectivity index (χ0v) is 13.6. The Balaban J connectivity index is 1.92. The molecule has 118 valence electrons. The van der Waals surface area contributed by atoms with Crippen molar-refractivity contribution in [2.24, 2.45) is 5.92 Å². The third-order valence-corrected chi connectivity index (χ3v) is 3.96. The molecular weight excluding hydrogens is 266 g/mol. The number of aryl methyl sites for hydroxylation is 1. The van der Waals surface area contributed by atoms with Crippen molar-refractivity contribution in [1.29, 1.82) is 0 Å². The molecule has 21 heavy (non-hydrogen) atoms. The Kier molecular flexibility index (Phi) is 5.39. The van der Waals surface area contributed by atoms with Gasteiger partial charge in [-0.2, -0.15) is 5.10 Å². The first kappa shape index (κ1) is 16.0. The number of ether oxygens (including phenoxy) is 1. The predicted octanol–water partition coefficient (Wildman–Crippen LogP) is 1.99. The van der Waals surface area contributed by atoms with Crippen molar-refractivity contribution in [3.63, 3.8) is 0 Å². The Morgan fingerprint density at radius 3 is 2.86 bits per heavy atom. The molecule has 0 aromatic carbocycles. The number of amides is 1. The van der Waals surface area contributed by atoms with E-state index in [2.05, 4.69) is 24.3 Å². The lowest BCUT2D eigenvalue weighted by Crippen LogP contribution is -2.33. The molecule has 1 fully saturated rings. The van der Waals surface area contributed by atoms with Gasteiger partial charge >= 0.3 is 0 Å². The predicted molar refractivity (Wildman–Crippen MR) is 82.2 cm³/mol. The van der Waals surface area contributed by atoms with Crippen LogP contribution in [-0.4, -0.2) is 34.9 Å². The number of nitrogens with zero attached hydrogens (tertiary/aromatic N) is 2. The molecule has 1 amide bonds. The average Bonchev–Trinajstić information content (AvgIpc) is 3.00. The summed E-state index contributed by atoms with van der Waals surface area (Å²) in [6, 6.07) is 0. The Morgan fingerprint density at radius 1 is 1.48 bits per heavy atom. The molecule has 1 aromatic rings. The van der Waals surface area contributed by atoms with Gasteiger partial charge in [-0.1, -0.05) is 13.8 Å². The Labute approximate surface area is 127 Å². The number of aromatic nitrogens is 2. The molecule has 0 unspecified atom stereocenters. The average molecular weight is 293 g/mol. The van der Waals surface area contributed by atoms with Gasteiger partial charge in [-0.25, -0.2) is 0 Å². The van der Waals surface area contributed by atoms with Crippen LogP contribution in [0.25, 0.3) is 0 Å². The highest BCUT2D eigenvalue weighted by atomic mass is 16.5. The van der Waals surface area contributed by atoms with Crippen LogP contribution in [-0.2, 0) is 22.5 Å². The lowest BCUT2D eigenvalue weighted by Gasteiger charge is -2.11. The summed E-state index contributed by atoms with van der Waals surface area (Å²) in [6.45, 7) is 10.7. The second-order valence-electron chi connectivity index (χ2n) is 6.34. The molecule has 1 aliphatic rings. The van der Waals surface area contributed by atoms with Crippen LogP contribution in [0.1, 0.15) is 43.6 Å². The van der Waals surface area contributed by atoms with Crippen molar-refractivity contribution >= 4 is 5.91 Å². The van der Waals surface area contributed by atoms with Crippen LogP contribution in [0.15, 0.2) is 0 Å². The van der Waals surface area contributed by atoms with E-state index in [0.717, 1.165) is 42.9 Å². The van der Waals surface area contributed by atoms with Crippen LogP contribution < -0.4 is 5.32 Å². The maximum atomic E-state index is 12.1. The molecule has 1 aromatic heterocycles. The van der Waals surface area contributed by atoms with Gasteiger partial charge in [-0.05, 0) is 32.6 Å². The molecule has 1 atom stereocenters. The molecule has 0 saturated carbocycles. The summed E-state index contributed by atoms with van der Waals surface area (Å²) in [6.07, 6.45) is 2.74.